The van der Waals surface area contributed by atoms with Crippen LogP contribution in [0.15, 0.2) is 46.9 Å². The third-order valence-corrected chi connectivity index (χ3v) is 4.38. The summed E-state index contributed by atoms with van der Waals surface area (Å²) in [7, 11) is 0. The Balaban J connectivity index is 1.88. The molecule has 0 aliphatic carbocycles. The predicted octanol–water partition coefficient (Wildman–Crippen LogP) is 3.98. The summed E-state index contributed by atoms with van der Waals surface area (Å²) in [5.74, 6) is 0. The molecule has 3 rings (SSSR count). The Labute approximate surface area is 122 Å². The number of nitrogens with zero attached hydrogens (tertiary/aromatic N) is 1. The summed E-state index contributed by atoms with van der Waals surface area (Å²) in [6.45, 7) is 2.05. The van der Waals surface area contributed by atoms with E-state index in [0.717, 1.165) is 23.2 Å². The number of hydrogen-bond acceptors (Lipinski definition) is 2. The maximum atomic E-state index is 5.79. The van der Waals surface area contributed by atoms with Crippen LogP contribution in [0.1, 0.15) is 17.5 Å². The van der Waals surface area contributed by atoms with Gasteiger partial charge in [0.15, 0.2) is 0 Å². The fourth-order valence-electron chi connectivity index (χ4n) is 2.67. The van der Waals surface area contributed by atoms with E-state index in [2.05, 4.69) is 51.2 Å². The van der Waals surface area contributed by atoms with Crippen LogP contribution in [0, 0.1) is 0 Å². The molecule has 0 saturated heterocycles. The van der Waals surface area contributed by atoms with Crippen molar-refractivity contribution in [3.8, 4) is 0 Å². The molecule has 1 aliphatic rings. The standard InChI is InChI=1S/C16H17BrN2/c17-15-10-14(18)8-7-13(15)11-19-9-3-5-12-4-1-2-6-16(12)19/h1-2,4,6-8,10H,3,5,9,11,18H2. The van der Waals surface area contributed by atoms with Gasteiger partial charge >= 0.3 is 0 Å². The number of nitrogen functional groups attached to an aromatic ring is 1. The van der Waals surface area contributed by atoms with E-state index in [9.17, 15) is 0 Å². The molecule has 2 aromatic carbocycles. The minimum atomic E-state index is 0.801. The van der Waals surface area contributed by atoms with Gasteiger partial charge in [0.1, 0.15) is 0 Å². The largest absolute Gasteiger partial charge is 0.399 e. The lowest BCUT2D eigenvalue weighted by Crippen LogP contribution is -2.28. The lowest BCUT2D eigenvalue weighted by atomic mass is 10.0. The van der Waals surface area contributed by atoms with Crippen molar-refractivity contribution in [2.24, 2.45) is 0 Å². The van der Waals surface area contributed by atoms with Crippen molar-refractivity contribution in [1.29, 1.82) is 0 Å². The second kappa shape index (κ2) is 5.25. The highest BCUT2D eigenvalue weighted by molar-refractivity contribution is 9.10. The van der Waals surface area contributed by atoms with Gasteiger partial charge in [-0.15, -0.1) is 0 Å². The van der Waals surface area contributed by atoms with Gasteiger partial charge in [-0.1, -0.05) is 40.2 Å². The summed E-state index contributed by atoms with van der Waals surface area (Å²) in [5.41, 5.74) is 10.7. The third kappa shape index (κ3) is 2.61. The molecular weight excluding hydrogens is 300 g/mol. The van der Waals surface area contributed by atoms with Crippen LogP contribution in [0.2, 0.25) is 0 Å². The lowest BCUT2D eigenvalue weighted by Gasteiger charge is -2.31. The first-order valence-corrected chi connectivity index (χ1v) is 7.40. The molecule has 1 aliphatic heterocycles. The van der Waals surface area contributed by atoms with Crippen LogP contribution in [0.5, 0.6) is 0 Å². The molecule has 0 saturated carbocycles. The van der Waals surface area contributed by atoms with Crippen molar-refractivity contribution in [1.82, 2.24) is 0 Å². The van der Waals surface area contributed by atoms with E-state index in [0.29, 0.717) is 0 Å². The van der Waals surface area contributed by atoms with Gasteiger partial charge in [0, 0.05) is 28.9 Å². The van der Waals surface area contributed by atoms with E-state index in [4.69, 9.17) is 5.73 Å². The molecule has 0 fully saturated rings. The predicted molar refractivity (Wildman–Crippen MR) is 84.4 cm³/mol. The van der Waals surface area contributed by atoms with Crippen molar-refractivity contribution >= 4 is 27.3 Å². The quantitative estimate of drug-likeness (QED) is 0.849. The number of anilines is 2. The Morgan fingerprint density at radius 1 is 1.16 bits per heavy atom. The van der Waals surface area contributed by atoms with Gasteiger partial charge in [-0.3, -0.25) is 0 Å². The third-order valence-electron chi connectivity index (χ3n) is 3.64. The Morgan fingerprint density at radius 2 is 2.00 bits per heavy atom. The van der Waals surface area contributed by atoms with Gasteiger partial charge in [-0.2, -0.15) is 0 Å². The smallest absolute Gasteiger partial charge is 0.0440 e. The topological polar surface area (TPSA) is 29.3 Å². The summed E-state index contributed by atoms with van der Waals surface area (Å²) >= 11 is 3.61. The van der Waals surface area contributed by atoms with E-state index in [1.165, 1.54) is 29.7 Å². The van der Waals surface area contributed by atoms with Gasteiger partial charge in [-0.05, 0) is 42.2 Å². The maximum Gasteiger partial charge on any atom is 0.0440 e. The van der Waals surface area contributed by atoms with Crippen molar-refractivity contribution in [3.63, 3.8) is 0 Å². The number of rotatable bonds is 2. The number of nitrogens with two attached hydrogens (primary N) is 1. The highest BCUT2D eigenvalue weighted by Crippen LogP contribution is 2.30. The summed E-state index contributed by atoms with van der Waals surface area (Å²) in [5, 5.41) is 0. The number of para-hydroxylation sites is 1. The molecular formula is C16H17BrN2. The Hall–Kier alpha value is -1.48. The molecule has 0 bridgehead atoms. The average molecular weight is 317 g/mol. The van der Waals surface area contributed by atoms with Gasteiger partial charge < -0.3 is 10.6 Å². The van der Waals surface area contributed by atoms with Crippen LogP contribution < -0.4 is 10.6 Å². The monoisotopic (exact) mass is 316 g/mol. The number of fused-ring (bicyclic) bond motifs is 1. The SMILES string of the molecule is Nc1ccc(CN2CCCc3ccccc32)c(Br)c1. The van der Waals surface area contributed by atoms with Gasteiger partial charge in [0.05, 0.1) is 0 Å². The zero-order chi connectivity index (χ0) is 13.2. The first kappa shape index (κ1) is 12.5. The number of aryl methyl sites for hydroxylation is 1. The van der Waals surface area contributed by atoms with E-state index in [1.54, 1.807) is 0 Å². The molecule has 2 N–H and O–H groups in total. The molecule has 98 valence electrons. The molecule has 1 heterocycles. The molecule has 0 amide bonds. The molecule has 0 unspecified atom stereocenters. The van der Waals surface area contributed by atoms with Crippen LogP contribution in [-0.2, 0) is 13.0 Å². The van der Waals surface area contributed by atoms with Gasteiger partial charge in [0.2, 0.25) is 0 Å². The highest BCUT2D eigenvalue weighted by Gasteiger charge is 2.17. The van der Waals surface area contributed by atoms with Crippen molar-refractivity contribution in [2.45, 2.75) is 19.4 Å². The summed E-state index contributed by atoms with van der Waals surface area (Å²) in [6, 6.07) is 14.8. The number of hydrogen-bond donors (Lipinski definition) is 1. The second-order valence-corrected chi connectivity index (χ2v) is 5.86. The summed E-state index contributed by atoms with van der Waals surface area (Å²) < 4.78 is 1.09. The van der Waals surface area contributed by atoms with Gasteiger partial charge in [-0.25, -0.2) is 0 Å². The average Bonchev–Trinajstić information content (AvgIpc) is 2.42. The van der Waals surface area contributed by atoms with Crippen LogP contribution in [0.4, 0.5) is 11.4 Å². The first-order valence-electron chi connectivity index (χ1n) is 6.61. The van der Waals surface area contributed by atoms with Crippen molar-refractivity contribution in [2.75, 3.05) is 17.2 Å². The molecule has 19 heavy (non-hydrogen) atoms. The highest BCUT2D eigenvalue weighted by atomic mass is 79.9. The fourth-order valence-corrected chi connectivity index (χ4v) is 3.20. The molecule has 2 aromatic rings. The Morgan fingerprint density at radius 3 is 2.84 bits per heavy atom. The lowest BCUT2D eigenvalue weighted by molar-refractivity contribution is 0.690. The second-order valence-electron chi connectivity index (χ2n) is 5.00. The summed E-state index contributed by atoms with van der Waals surface area (Å²) in [6.07, 6.45) is 2.42. The van der Waals surface area contributed by atoms with Crippen molar-refractivity contribution in [3.05, 3.63) is 58.1 Å². The van der Waals surface area contributed by atoms with Crippen LogP contribution in [0.3, 0.4) is 0 Å². The van der Waals surface area contributed by atoms with Crippen LogP contribution in [-0.4, -0.2) is 6.54 Å². The maximum absolute atomic E-state index is 5.79. The van der Waals surface area contributed by atoms with Gasteiger partial charge in [0.25, 0.3) is 0 Å². The zero-order valence-corrected chi connectivity index (χ0v) is 12.4. The molecule has 2 nitrogen and oxygen atoms in total. The molecule has 0 radical (unpaired) electrons. The van der Waals surface area contributed by atoms with E-state index in [1.807, 2.05) is 12.1 Å². The molecule has 0 aromatic heterocycles. The molecule has 0 spiro atoms. The fraction of sp³-hybridized carbons (Fsp3) is 0.250. The van der Waals surface area contributed by atoms with E-state index >= 15 is 0 Å². The Kier molecular flexibility index (Phi) is 3.47. The Bertz CT molecular complexity index is 595. The van der Waals surface area contributed by atoms with E-state index in [-0.39, 0.29) is 0 Å². The zero-order valence-electron chi connectivity index (χ0n) is 10.8. The first-order chi connectivity index (χ1) is 9.24. The normalized spacial score (nSPS) is 14.3. The number of halogens is 1. The van der Waals surface area contributed by atoms with Crippen molar-refractivity contribution < 1.29 is 0 Å². The summed E-state index contributed by atoms with van der Waals surface area (Å²) in [4.78, 5) is 2.45. The number of benzene rings is 2. The molecule has 3 heteroatoms. The van der Waals surface area contributed by atoms with E-state index < -0.39 is 0 Å². The van der Waals surface area contributed by atoms with Crippen LogP contribution >= 0.6 is 15.9 Å². The molecule has 0 atom stereocenters. The minimum Gasteiger partial charge on any atom is -0.399 e. The minimum absolute atomic E-state index is 0.801. The van der Waals surface area contributed by atoms with Crippen LogP contribution in [0.25, 0.3) is 0 Å².